The highest BCUT2D eigenvalue weighted by Crippen LogP contribution is 2.25. The van der Waals surface area contributed by atoms with E-state index in [0.29, 0.717) is 22.6 Å². The Morgan fingerprint density at radius 3 is 2.72 bits per heavy atom. The van der Waals surface area contributed by atoms with Crippen LogP contribution in [0.3, 0.4) is 0 Å². The van der Waals surface area contributed by atoms with Gasteiger partial charge in [-0.3, -0.25) is 4.98 Å². The molecule has 0 unspecified atom stereocenters. The number of para-hydroxylation sites is 1. The second kappa shape index (κ2) is 7.49. The van der Waals surface area contributed by atoms with Gasteiger partial charge in [0.2, 0.25) is 0 Å². The first kappa shape index (κ1) is 16.5. The molecule has 0 atom stereocenters. The van der Waals surface area contributed by atoms with Gasteiger partial charge in [-0.1, -0.05) is 24.3 Å². The van der Waals surface area contributed by atoms with Gasteiger partial charge in [0.05, 0.1) is 11.8 Å². The van der Waals surface area contributed by atoms with Gasteiger partial charge in [0.1, 0.15) is 23.9 Å². The Morgan fingerprint density at radius 1 is 1.12 bits per heavy atom. The predicted molar refractivity (Wildman–Crippen MR) is 92.7 cm³/mol. The molecule has 0 saturated carbocycles. The summed E-state index contributed by atoms with van der Waals surface area (Å²) in [6, 6.07) is 15.6. The molecule has 0 saturated heterocycles. The molecule has 25 heavy (non-hydrogen) atoms. The molecule has 3 aromatic rings. The van der Waals surface area contributed by atoms with Crippen LogP contribution >= 0.6 is 0 Å². The lowest BCUT2D eigenvalue weighted by atomic mass is 10.1. The second-order valence-electron chi connectivity index (χ2n) is 5.48. The first-order valence-electron chi connectivity index (χ1n) is 7.76. The smallest absolute Gasteiger partial charge is 0.338 e. The van der Waals surface area contributed by atoms with Crippen LogP contribution in [0.4, 0.5) is 0 Å². The molecule has 1 heterocycles. The maximum atomic E-state index is 12.2. The molecule has 0 aliphatic heterocycles. The van der Waals surface area contributed by atoms with Crippen molar-refractivity contribution in [1.82, 2.24) is 4.98 Å². The molecule has 3 rings (SSSR count). The molecule has 1 aromatic heterocycles. The lowest BCUT2D eigenvalue weighted by molar-refractivity contribution is 0.0470. The monoisotopic (exact) mass is 335 g/mol. The number of aryl methyl sites for hydroxylation is 1. The molecule has 1 N–H and O–H groups in total. The van der Waals surface area contributed by atoms with Crippen molar-refractivity contribution in [2.45, 2.75) is 13.5 Å². The number of carbonyl (C=O) groups is 1. The summed E-state index contributed by atoms with van der Waals surface area (Å²) in [6.45, 7) is 1.82. The lowest BCUT2D eigenvalue weighted by Gasteiger charge is -2.11. The van der Waals surface area contributed by atoms with Gasteiger partial charge in [0, 0.05) is 11.8 Å². The first-order valence-corrected chi connectivity index (χ1v) is 7.76. The average Bonchev–Trinajstić information content (AvgIpc) is 2.64. The Kier molecular flexibility index (Phi) is 4.95. The summed E-state index contributed by atoms with van der Waals surface area (Å²) >= 11 is 0. The fraction of sp³-hybridized carbons (Fsp3) is 0.100. The second-order valence-corrected chi connectivity index (χ2v) is 5.48. The number of hydrogen-bond donors (Lipinski definition) is 1. The van der Waals surface area contributed by atoms with E-state index >= 15 is 0 Å². The number of aromatic nitrogens is 1. The molecule has 0 radical (unpaired) electrons. The molecular weight excluding hydrogens is 318 g/mol. The van der Waals surface area contributed by atoms with E-state index in [1.54, 1.807) is 49.6 Å². The molecule has 0 spiro atoms. The maximum absolute atomic E-state index is 12.2. The summed E-state index contributed by atoms with van der Waals surface area (Å²) in [4.78, 5) is 16.2. The fourth-order valence-corrected chi connectivity index (χ4v) is 2.22. The van der Waals surface area contributed by atoms with Crippen molar-refractivity contribution >= 4 is 5.97 Å². The van der Waals surface area contributed by atoms with E-state index < -0.39 is 5.97 Å². The number of carbonyl (C=O) groups excluding carboxylic acids is 1. The Bertz CT molecular complexity index is 878. The number of phenolic OH excluding ortho intramolecular Hbond substituents is 1. The number of nitrogens with zero attached hydrogens (tertiary/aromatic N) is 1. The molecule has 0 aliphatic carbocycles. The van der Waals surface area contributed by atoms with E-state index in [-0.39, 0.29) is 12.4 Å². The predicted octanol–water partition coefficient (Wildman–Crippen LogP) is 4.24. The minimum atomic E-state index is -0.508. The van der Waals surface area contributed by atoms with Crippen molar-refractivity contribution in [3.63, 3.8) is 0 Å². The number of benzene rings is 2. The largest absolute Gasteiger partial charge is 0.508 e. The van der Waals surface area contributed by atoms with Gasteiger partial charge in [-0.25, -0.2) is 4.79 Å². The van der Waals surface area contributed by atoms with E-state index in [1.165, 1.54) is 6.07 Å². The van der Waals surface area contributed by atoms with E-state index in [4.69, 9.17) is 9.47 Å². The summed E-state index contributed by atoms with van der Waals surface area (Å²) in [6.07, 6.45) is 3.27. The van der Waals surface area contributed by atoms with E-state index in [1.807, 2.05) is 18.2 Å². The number of ether oxygens (including phenoxy) is 2. The van der Waals surface area contributed by atoms with Crippen LogP contribution in [0.5, 0.6) is 17.2 Å². The van der Waals surface area contributed by atoms with E-state index in [2.05, 4.69) is 4.98 Å². The van der Waals surface area contributed by atoms with Gasteiger partial charge in [0.25, 0.3) is 0 Å². The summed E-state index contributed by atoms with van der Waals surface area (Å²) in [7, 11) is 0. The lowest BCUT2D eigenvalue weighted by Crippen LogP contribution is -2.06. The minimum absolute atomic E-state index is 0.0594. The number of esters is 1. The summed E-state index contributed by atoms with van der Waals surface area (Å²) < 4.78 is 11.1. The van der Waals surface area contributed by atoms with Gasteiger partial charge < -0.3 is 14.6 Å². The number of phenols is 1. The van der Waals surface area contributed by atoms with Crippen LogP contribution in [0, 0.1) is 6.92 Å². The Labute approximate surface area is 145 Å². The molecule has 2 aromatic carbocycles. The van der Waals surface area contributed by atoms with Crippen LogP contribution in [0.15, 0.2) is 67.0 Å². The van der Waals surface area contributed by atoms with Crippen LogP contribution in [0.25, 0.3) is 0 Å². The van der Waals surface area contributed by atoms with Crippen LogP contribution in [0.1, 0.15) is 21.5 Å². The Morgan fingerprint density at radius 2 is 1.96 bits per heavy atom. The highest BCUT2D eigenvalue weighted by atomic mass is 16.5. The van der Waals surface area contributed by atoms with E-state index in [9.17, 15) is 9.90 Å². The average molecular weight is 335 g/mol. The number of hydrogen-bond acceptors (Lipinski definition) is 5. The molecule has 0 bridgehead atoms. The third-order valence-corrected chi connectivity index (χ3v) is 3.64. The molecule has 0 amide bonds. The molecule has 126 valence electrons. The van der Waals surface area contributed by atoms with Gasteiger partial charge >= 0.3 is 5.97 Å². The van der Waals surface area contributed by atoms with Gasteiger partial charge in [-0.15, -0.1) is 0 Å². The molecule has 0 fully saturated rings. The van der Waals surface area contributed by atoms with Crippen LogP contribution in [-0.4, -0.2) is 16.1 Å². The van der Waals surface area contributed by atoms with Gasteiger partial charge in [-0.2, -0.15) is 0 Å². The minimum Gasteiger partial charge on any atom is -0.508 e. The molecule has 5 heteroatoms. The Hall–Kier alpha value is -3.34. The number of aromatic hydroxyl groups is 1. The summed E-state index contributed by atoms with van der Waals surface area (Å²) in [5, 5.41) is 9.71. The third kappa shape index (κ3) is 4.14. The molecular formula is C20H17NO4. The van der Waals surface area contributed by atoms with Crippen LogP contribution < -0.4 is 4.74 Å². The van der Waals surface area contributed by atoms with Crippen molar-refractivity contribution in [3.8, 4) is 17.2 Å². The number of pyridine rings is 1. The zero-order valence-electron chi connectivity index (χ0n) is 13.7. The quantitative estimate of drug-likeness (QED) is 0.706. The molecule has 5 nitrogen and oxygen atoms in total. The Balaban J connectivity index is 1.70. The van der Waals surface area contributed by atoms with Crippen molar-refractivity contribution in [3.05, 3.63) is 83.7 Å². The standard InChI is InChI=1S/C20H17NO4/c1-14-8-9-15(11-18(14)22)20(23)24-13-16-5-2-3-7-19(16)25-17-6-4-10-21-12-17/h2-12,22H,13H2,1H3. The van der Waals surface area contributed by atoms with Gasteiger partial charge in [-0.05, 0) is 42.8 Å². The van der Waals surface area contributed by atoms with Crippen molar-refractivity contribution in [2.75, 3.05) is 0 Å². The zero-order valence-corrected chi connectivity index (χ0v) is 13.7. The van der Waals surface area contributed by atoms with E-state index in [0.717, 1.165) is 5.56 Å². The first-order chi connectivity index (χ1) is 12.1. The fourth-order valence-electron chi connectivity index (χ4n) is 2.22. The highest BCUT2D eigenvalue weighted by molar-refractivity contribution is 5.90. The van der Waals surface area contributed by atoms with Crippen molar-refractivity contribution in [2.24, 2.45) is 0 Å². The van der Waals surface area contributed by atoms with Crippen LogP contribution in [-0.2, 0) is 11.3 Å². The summed E-state index contributed by atoms with van der Waals surface area (Å²) in [5.74, 6) is 0.751. The van der Waals surface area contributed by atoms with Gasteiger partial charge in [0.15, 0.2) is 0 Å². The SMILES string of the molecule is Cc1ccc(C(=O)OCc2ccccc2Oc2cccnc2)cc1O. The number of rotatable bonds is 5. The third-order valence-electron chi connectivity index (χ3n) is 3.64. The molecule has 0 aliphatic rings. The normalized spacial score (nSPS) is 10.3. The summed E-state index contributed by atoms with van der Waals surface area (Å²) in [5.41, 5.74) is 1.73. The highest BCUT2D eigenvalue weighted by Gasteiger charge is 2.12. The zero-order chi connectivity index (χ0) is 17.6. The van der Waals surface area contributed by atoms with Crippen molar-refractivity contribution in [1.29, 1.82) is 0 Å². The van der Waals surface area contributed by atoms with Crippen LogP contribution in [0.2, 0.25) is 0 Å². The van der Waals surface area contributed by atoms with Crippen molar-refractivity contribution < 1.29 is 19.4 Å². The topological polar surface area (TPSA) is 68.7 Å². The maximum Gasteiger partial charge on any atom is 0.338 e.